The summed E-state index contributed by atoms with van der Waals surface area (Å²) in [5, 5.41) is 2.81. The second-order valence-corrected chi connectivity index (χ2v) is 10.1. The Hall–Kier alpha value is -2.49. The van der Waals surface area contributed by atoms with Gasteiger partial charge in [-0.05, 0) is 62.1 Å². The molecule has 0 spiro atoms. The van der Waals surface area contributed by atoms with Gasteiger partial charge in [0.1, 0.15) is 5.82 Å². The number of hydrogen-bond donors (Lipinski definition) is 1. The van der Waals surface area contributed by atoms with Gasteiger partial charge in [-0.1, -0.05) is 6.07 Å². The van der Waals surface area contributed by atoms with Gasteiger partial charge >= 0.3 is 0 Å². The van der Waals surface area contributed by atoms with Crippen molar-refractivity contribution in [2.75, 3.05) is 49.6 Å². The molecule has 0 unspecified atom stereocenters. The molecule has 2 heterocycles. The normalized spacial score (nSPS) is 17.9. The molecule has 4 rings (SSSR count). The van der Waals surface area contributed by atoms with Gasteiger partial charge in [-0.3, -0.25) is 4.79 Å². The summed E-state index contributed by atoms with van der Waals surface area (Å²) in [5.41, 5.74) is 2.04. The van der Waals surface area contributed by atoms with E-state index in [1.54, 1.807) is 19.1 Å². The molecule has 1 N–H and O–H groups in total. The lowest BCUT2D eigenvalue weighted by Gasteiger charge is -2.30. The zero-order chi connectivity index (χ0) is 22.7. The summed E-state index contributed by atoms with van der Waals surface area (Å²) in [4.78, 5) is 15.4. The topological polar surface area (TPSA) is 78.9 Å². The number of nitrogens with zero attached hydrogens (tertiary/aromatic N) is 2. The Morgan fingerprint density at radius 1 is 1.00 bits per heavy atom. The van der Waals surface area contributed by atoms with Crippen LogP contribution in [0.5, 0.6) is 0 Å². The van der Waals surface area contributed by atoms with E-state index in [1.165, 1.54) is 28.6 Å². The van der Waals surface area contributed by atoms with E-state index in [-0.39, 0.29) is 23.5 Å². The molecule has 0 bridgehead atoms. The van der Waals surface area contributed by atoms with E-state index in [9.17, 15) is 17.6 Å². The molecule has 0 atom stereocenters. The maximum atomic E-state index is 14.0. The van der Waals surface area contributed by atoms with Crippen molar-refractivity contribution in [2.45, 2.75) is 31.1 Å². The van der Waals surface area contributed by atoms with Crippen LogP contribution in [0.15, 0.2) is 41.3 Å². The highest BCUT2D eigenvalue weighted by atomic mass is 32.2. The Balaban J connectivity index is 1.62. The Bertz CT molecular complexity index is 1090. The van der Waals surface area contributed by atoms with Crippen LogP contribution >= 0.6 is 0 Å². The van der Waals surface area contributed by atoms with Gasteiger partial charge in [0.15, 0.2) is 0 Å². The zero-order valence-electron chi connectivity index (χ0n) is 18.1. The number of benzene rings is 2. The van der Waals surface area contributed by atoms with Gasteiger partial charge in [-0.15, -0.1) is 0 Å². The summed E-state index contributed by atoms with van der Waals surface area (Å²) < 4.78 is 46.7. The van der Waals surface area contributed by atoms with Crippen molar-refractivity contribution in [1.29, 1.82) is 0 Å². The van der Waals surface area contributed by atoms with Crippen molar-refractivity contribution in [2.24, 2.45) is 0 Å². The van der Waals surface area contributed by atoms with Crippen LogP contribution in [0.25, 0.3) is 0 Å². The van der Waals surface area contributed by atoms with Crippen LogP contribution < -0.4 is 10.2 Å². The highest BCUT2D eigenvalue weighted by Crippen LogP contribution is 2.30. The quantitative estimate of drug-likeness (QED) is 0.738. The monoisotopic (exact) mass is 461 g/mol. The van der Waals surface area contributed by atoms with Crippen molar-refractivity contribution in [3.63, 3.8) is 0 Å². The summed E-state index contributed by atoms with van der Waals surface area (Å²) in [7, 11) is -3.73. The van der Waals surface area contributed by atoms with E-state index >= 15 is 0 Å². The van der Waals surface area contributed by atoms with Crippen molar-refractivity contribution >= 4 is 27.3 Å². The lowest BCUT2D eigenvalue weighted by Crippen LogP contribution is -2.40. The van der Waals surface area contributed by atoms with Gasteiger partial charge in [0.25, 0.3) is 5.91 Å². The number of sulfonamides is 1. The minimum Gasteiger partial charge on any atom is -0.379 e. The van der Waals surface area contributed by atoms with Gasteiger partial charge in [0.05, 0.1) is 29.5 Å². The number of aryl methyl sites for hydroxylation is 1. The van der Waals surface area contributed by atoms with E-state index in [0.29, 0.717) is 24.5 Å². The first-order valence-corrected chi connectivity index (χ1v) is 12.3. The molecule has 2 aromatic rings. The molecule has 2 aliphatic rings. The first kappa shape index (κ1) is 22.7. The fraction of sp³-hybridized carbons (Fsp3) is 0.435. The summed E-state index contributed by atoms with van der Waals surface area (Å²) in [6, 6.07) is 8.92. The van der Waals surface area contributed by atoms with Crippen LogP contribution in [0.2, 0.25) is 0 Å². The van der Waals surface area contributed by atoms with Crippen LogP contribution in [0.4, 0.5) is 15.8 Å². The van der Waals surface area contributed by atoms with Crippen LogP contribution in [-0.2, 0) is 14.8 Å². The van der Waals surface area contributed by atoms with Gasteiger partial charge < -0.3 is 15.0 Å². The number of amides is 1. The SMILES string of the molecule is Cc1ccc(S(=O)(=O)N2CCOCC2)cc1C(=O)Nc1cc(F)ccc1N1CCCCC1. The van der Waals surface area contributed by atoms with Crippen molar-refractivity contribution in [3.05, 3.63) is 53.3 Å². The summed E-state index contributed by atoms with van der Waals surface area (Å²) in [5.74, 6) is -0.910. The third-order valence-electron chi connectivity index (χ3n) is 5.97. The van der Waals surface area contributed by atoms with E-state index in [1.807, 2.05) is 0 Å². The first-order valence-electron chi connectivity index (χ1n) is 10.9. The molecule has 32 heavy (non-hydrogen) atoms. The zero-order valence-corrected chi connectivity index (χ0v) is 19.0. The number of anilines is 2. The second-order valence-electron chi connectivity index (χ2n) is 8.16. The van der Waals surface area contributed by atoms with E-state index in [2.05, 4.69) is 10.2 Å². The molecule has 0 aromatic heterocycles. The molecule has 7 nitrogen and oxygen atoms in total. The number of morpholine rings is 1. The van der Waals surface area contributed by atoms with Gasteiger partial charge in [-0.2, -0.15) is 4.31 Å². The van der Waals surface area contributed by atoms with Crippen molar-refractivity contribution in [1.82, 2.24) is 4.31 Å². The summed E-state index contributed by atoms with van der Waals surface area (Å²) in [6.07, 6.45) is 3.25. The average Bonchev–Trinajstić information content (AvgIpc) is 2.80. The molecule has 9 heteroatoms. The molecule has 2 fully saturated rings. The van der Waals surface area contributed by atoms with Gasteiger partial charge in [0.2, 0.25) is 10.0 Å². The first-order chi connectivity index (χ1) is 15.4. The third kappa shape index (κ3) is 4.79. The molecule has 172 valence electrons. The predicted octanol–water partition coefficient (Wildman–Crippen LogP) is 3.40. The van der Waals surface area contributed by atoms with Gasteiger partial charge in [-0.25, -0.2) is 12.8 Å². The summed E-state index contributed by atoms with van der Waals surface area (Å²) >= 11 is 0. The number of carbonyl (C=O) groups is 1. The Morgan fingerprint density at radius 3 is 2.44 bits per heavy atom. The standard InChI is InChI=1S/C23H28FN3O4S/c1-17-5-7-19(32(29,30)27-11-13-31-14-12-27)16-20(17)23(28)25-21-15-18(24)6-8-22(21)26-9-3-2-4-10-26/h5-8,15-16H,2-4,9-14H2,1H3,(H,25,28). The highest BCUT2D eigenvalue weighted by Gasteiger charge is 2.27. The second kappa shape index (κ2) is 9.56. The highest BCUT2D eigenvalue weighted by molar-refractivity contribution is 7.89. The number of carbonyl (C=O) groups excluding carboxylic acids is 1. The van der Waals surface area contributed by atoms with Crippen molar-refractivity contribution < 1.29 is 22.3 Å². The molecule has 2 saturated heterocycles. The molecule has 0 radical (unpaired) electrons. The molecule has 0 saturated carbocycles. The minimum atomic E-state index is -3.73. The molecule has 2 aliphatic heterocycles. The predicted molar refractivity (Wildman–Crippen MR) is 121 cm³/mol. The van der Waals surface area contributed by atoms with Crippen LogP contribution in [0.3, 0.4) is 0 Å². The summed E-state index contributed by atoms with van der Waals surface area (Å²) in [6.45, 7) is 4.69. The number of halogens is 1. The number of piperidine rings is 1. The van der Waals surface area contributed by atoms with Crippen LogP contribution in [0, 0.1) is 12.7 Å². The third-order valence-corrected chi connectivity index (χ3v) is 7.86. The van der Waals surface area contributed by atoms with E-state index in [0.717, 1.165) is 38.0 Å². The smallest absolute Gasteiger partial charge is 0.256 e. The maximum Gasteiger partial charge on any atom is 0.256 e. The van der Waals surface area contributed by atoms with E-state index in [4.69, 9.17) is 4.74 Å². The number of ether oxygens (including phenoxy) is 1. The molecule has 2 aromatic carbocycles. The molecule has 0 aliphatic carbocycles. The Morgan fingerprint density at radius 2 is 1.72 bits per heavy atom. The largest absolute Gasteiger partial charge is 0.379 e. The van der Waals surface area contributed by atoms with Gasteiger partial charge in [0, 0.05) is 31.7 Å². The number of nitrogens with one attached hydrogen (secondary N) is 1. The lowest BCUT2D eigenvalue weighted by atomic mass is 10.1. The lowest BCUT2D eigenvalue weighted by molar-refractivity contribution is 0.0730. The number of rotatable bonds is 5. The molecular formula is C23H28FN3O4S. The average molecular weight is 462 g/mol. The Kier molecular flexibility index (Phi) is 6.78. The fourth-order valence-corrected chi connectivity index (χ4v) is 5.59. The molecular weight excluding hydrogens is 433 g/mol. The Labute approximate surface area is 188 Å². The minimum absolute atomic E-state index is 0.0608. The fourth-order valence-electron chi connectivity index (χ4n) is 4.15. The molecule has 1 amide bonds. The van der Waals surface area contributed by atoms with Crippen molar-refractivity contribution in [3.8, 4) is 0 Å². The number of hydrogen-bond acceptors (Lipinski definition) is 5. The van der Waals surface area contributed by atoms with Crippen LogP contribution in [-0.4, -0.2) is 58.0 Å². The van der Waals surface area contributed by atoms with Crippen LogP contribution in [0.1, 0.15) is 35.2 Å². The maximum absolute atomic E-state index is 14.0. The van der Waals surface area contributed by atoms with E-state index < -0.39 is 21.7 Å².